The molecule has 0 bridgehead atoms. The molecule has 0 aliphatic rings. The lowest BCUT2D eigenvalue weighted by molar-refractivity contribution is 0.104. The van der Waals surface area contributed by atoms with Crippen molar-refractivity contribution in [3.8, 4) is 5.75 Å². The van der Waals surface area contributed by atoms with Crippen molar-refractivity contribution in [3.05, 3.63) is 70.2 Å². The van der Waals surface area contributed by atoms with Gasteiger partial charge in [-0.1, -0.05) is 12.2 Å². The molecule has 20 heavy (non-hydrogen) atoms. The molecule has 5 heteroatoms. The molecule has 0 saturated heterocycles. The highest BCUT2D eigenvalue weighted by Gasteiger charge is 2.15. The van der Waals surface area contributed by atoms with E-state index in [0.29, 0.717) is 5.76 Å². The highest BCUT2D eigenvalue weighted by atomic mass is 16.4. The number of allylic oxidation sites excluding steroid dienone is 3. The maximum Gasteiger partial charge on any atom is 0.351 e. The van der Waals surface area contributed by atoms with E-state index in [-0.39, 0.29) is 17.1 Å². The molecule has 0 aliphatic heterocycles. The third kappa shape index (κ3) is 3.14. The fraction of sp³-hybridized carbons (Fsp3) is 0.0667. The van der Waals surface area contributed by atoms with Crippen molar-refractivity contribution < 1.29 is 18.7 Å². The summed E-state index contributed by atoms with van der Waals surface area (Å²) in [7, 11) is 0. The van der Waals surface area contributed by atoms with Gasteiger partial charge in [-0.05, 0) is 31.2 Å². The number of rotatable bonds is 4. The van der Waals surface area contributed by atoms with Gasteiger partial charge in [-0.25, -0.2) is 4.79 Å². The van der Waals surface area contributed by atoms with Crippen molar-refractivity contribution in [3.63, 3.8) is 0 Å². The number of aromatic hydroxyl groups is 1. The number of carbonyl (C=O) groups excluding carboxylic acids is 1. The van der Waals surface area contributed by atoms with Crippen LogP contribution in [0.15, 0.2) is 56.3 Å². The first-order chi connectivity index (χ1) is 9.58. The molecule has 0 radical (unpaired) electrons. The van der Waals surface area contributed by atoms with Gasteiger partial charge >= 0.3 is 5.63 Å². The lowest BCUT2D eigenvalue weighted by atomic mass is 10.1. The quantitative estimate of drug-likeness (QED) is 0.525. The number of furan rings is 1. The monoisotopic (exact) mass is 272 g/mol. The molecule has 0 aromatic carbocycles. The Morgan fingerprint density at radius 3 is 2.80 bits per heavy atom. The summed E-state index contributed by atoms with van der Waals surface area (Å²) < 4.78 is 9.84. The summed E-state index contributed by atoms with van der Waals surface area (Å²) in [4.78, 5) is 23.3. The Morgan fingerprint density at radius 2 is 2.15 bits per heavy atom. The van der Waals surface area contributed by atoms with Crippen LogP contribution in [0.1, 0.15) is 21.9 Å². The third-order valence-electron chi connectivity index (χ3n) is 2.46. The van der Waals surface area contributed by atoms with Crippen LogP contribution in [0.2, 0.25) is 0 Å². The molecule has 5 nitrogen and oxygen atoms in total. The SMILES string of the molecule is Cc1cc(O)c(C(=O)/C=C/C=C/c2ccco2)c(=O)o1. The van der Waals surface area contributed by atoms with Crippen LogP contribution in [0, 0.1) is 6.92 Å². The van der Waals surface area contributed by atoms with E-state index in [4.69, 9.17) is 8.83 Å². The van der Waals surface area contributed by atoms with E-state index in [1.807, 2.05) is 0 Å². The number of hydrogen-bond acceptors (Lipinski definition) is 5. The molecule has 0 amide bonds. The zero-order valence-electron chi connectivity index (χ0n) is 10.7. The van der Waals surface area contributed by atoms with Gasteiger partial charge < -0.3 is 13.9 Å². The Bertz CT molecular complexity index is 717. The molecule has 102 valence electrons. The van der Waals surface area contributed by atoms with E-state index in [1.54, 1.807) is 24.3 Å². The van der Waals surface area contributed by atoms with Crippen LogP contribution in [0.4, 0.5) is 0 Å². The Kier molecular flexibility index (Phi) is 4.00. The van der Waals surface area contributed by atoms with Gasteiger partial charge in [-0.15, -0.1) is 0 Å². The summed E-state index contributed by atoms with van der Waals surface area (Å²) in [5.74, 6) is -0.130. The van der Waals surface area contributed by atoms with Gasteiger partial charge in [0.2, 0.25) is 0 Å². The molecule has 1 N–H and O–H groups in total. The second kappa shape index (κ2) is 5.88. The van der Waals surface area contributed by atoms with Crippen molar-refractivity contribution >= 4 is 11.9 Å². The van der Waals surface area contributed by atoms with Gasteiger partial charge in [0, 0.05) is 6.07 Å². The van der Waals surface area contributed by atoms with Gasteiger partial charge in [-0.3, -0.25) is 4.79 Å². The Labute approximate surface area is 114 Å². The lowest BCUT2D eigenvalue weighted by Crippen LogP contribution is -2.12. The van der Waals surface area contributed by atoms with Gasteiger partial charge in [0.05, 0.1) is 6.26 Å². The van der Waals surface area contributed by atoms with Crippen LogP contribution in [-0.4, -0.2) is 10.9 Å². The Hall–Kier alpha value is -2.82. The average molecular weight is 272 g/mol. The molecule has 0 unspecified atom stereocenters. The zero-order valence-corrected chi connectivity index (χ0v) is 10.7. The highest BCUT2D eigenvalue weighted by Crippen LogP contribution is 2.15. The first-order valence-electron chi connectivity index (χ1n) is 5.84. The predicted octanol–water partition coefficient (Wildman–Crippen LogP) is 2.70. The third-order valence-corrected chi connectivity index (χ3v) is 2.46. The smallest absolute Gasteiger partial charge is 0.351 e. The van der Waals surface area contributed by atoms with Crippen LogP contribution in [-0.2, 0) is 0 Å². The molecular weight excluding hydrogens is 260 g/mol. The van der Waals surface area contributed by atoms with Crippen molar-refractivity contribution in [1.29, 1.82) is 0 Å². The summed E-state index contributed by atoms with van der Waals surface area (Å²) in [6.07, 6.45) is 7.39. The maximum absolute atomic E-state index is 11.8. The van der Waals surface area contributed by atoms with E-state index >= 15 is 0 Å². The van der Waals surface area contributed by atoms with Crippen LogP contribution >= 0.6 is 0 Å². The van der Waals surface area contributed by atoms with Gasteiger partial charge in [0.1, 0.15) is 22.8 Å². The largest absolute Gasteiger partial charge is 0.507 e. The fourth-order valence-electron chi connectivity index (χ4n) is 1.59. The number of aryl methyl sites for hydroxylation is 1. The van der Waals surface area contributed by atoms with E-state index in [1.165, 1.54) is 31.4 Å². The second-order valence-corrected chi connectivity index (χ2v) is 4.00. The van der Waals surface area contributed by atoms with Crippen LogP contribution in [0.25, 0.3) is 6.08 Å². The molecule has 0 saturated carbocycles. The van der Waals surface area contributed by atoms with Gasteiger partial charge in [-0.2, -0.15) is 0 Å². The topological polar surface area (TPSA) is 80.6 Å². The van der Waals surface area contributed by atoms with Crippen LogP contribution in [0.5, 0.6) is 5.75 Å². The zero-order chi connectivity index (χ0) is 14.5. The van der Waals surface area contributed by atoms with E-state index in [2.05, 4.69) is 0 Å². The van der Waals surface area contributed by atoms with E-state index < -0.39 is 11.4 Å². The summed E-state index contributed by atoms with van der Waals surface area (Å²) >= 11 is 0. The molecule has 2 aromatic rings. The number of hydrogen-bond donors (Lipinski definition) is 1. The highest BCUT2D eigenvalue weighted by molar-refractivity contribution is 6.06. The molecule has 2 rings (SSSR count). The summed E-state index contributed by atoms with van der Waals surface area (Å²) in [6.45, 7) is 1.51. The molecule has 2 heterocycles. The summed E-state index contributed by atoms with van der Waals surface area (Å²) in [5.41, 5.74) is -1.23. The summed E-state index contributed by atoms with van der Waals surface area (Å²) in [5, 5.41) is 9.60. The maximum atomic E-state index is 11.8. The minimum atomic E-state index is -0.854. The van der Waals surface area contributed by atoms with Crippen molar-refractivity contribution in [2.45, 2.75) is 6.92 Å². The molecule has 0 atom stereocenters. The predicted molar refractivity (Wildman–Crippen MR) is 72.6 cm³/mol. The summed E-state index contributed by atoms with van der Waals surface area (Å²) in [6, 6.07) is 4.72. The molecule has 2 aromatic heterocycles. The Morgan fingerprint density at radius 1 is 1.35 bits per heavy atom. The van der Waals surface area contributed by atoms with Crippen LogP contribution < -0.4 is 5.63 Å². The minimum absolute atomic E-state index is 0.241. The van der Waals surface area contributed by atoms with Crippen LogP contribution in [0.3, 0.4) is 0 Å². The standard InChI is InChI=1S/C15H12O5/c1-10-9-13(17)14(15(18)20-10)12(16)7-3-2-5-11-6-4-8-19-11/h2-9,17H,1H3/b5-2+,7-3+. The fourth-order valence-corrected chi connectivity index (χ4v) is 1.59. The first-order valence-corrected chi connectivity index (χ1v) is 5.84. The molecule has 0 fully saturated rings. The molecular formula is C15H12O5. The molecule has 0 aliphatic carbocycles. The van der Waals surface area contributed by atoms with Gasteiger partial charge in [0.15, 0.2) is 5.78 Å². The Balaban J connectivity index is 2.15. The second-order valence-electron chi connectivity index (χ2n) is 4.00. The van der Waals surface area contributed by atoms with Crippen molar-refractivity contribution in [2.24, 2.45) is 0 Å². The normalized spacial score (nSPS) is 11.4. The lowest BCUT2D eigenvalue weighted by Gasteiger charge is -1.99. The van der Waals surface area contributed by atoms with Crippen molar-refractivity contribution in [2.75, 3.05) is 0 Å². The minimum Gasteiger partial charge on any atom is -0.507 e. The number of carbonyl (C=O) groups is 1. The number of ketones is 1. The average Bonchev–Trinajstić information content (AvgIpc) is 2.86. The van der Waals surface area contributed by atoms with E-state index in [9.17, 15) is 14.7 Å². The van der Waals surface area contributed by atoms with Gasteiger partial charge in [0.25, 0.3) is 0 Å². The first kappa shape index (κ1) is 13.6. The molecule has 0 spiro atoms. The van der Waals surface area contributed by atoms with E-state index in [0.717, 1.165) is 0 Å². The van der Waals surface area contributed by atoms with Crippen molar-refractivity contribution in [1.82, 2.24) is 0 Å².